The van der Waals surface area contributed by atoms with Gasteiger partial charge in [-0.1, -0.05) is 43.7 Å². The van der Waals surface area contributed by atoms with Crippen LogP contribution in [-0.2, 0) is 4.79 Å². The Kier molecular flexibility index (Phi) is 4.59. The highest BCUT2D eigenvalue weighted by Crippen LogP contribution is 2.23. The Hall–Kier alpha value is -1.35. The number of carbonyl (C=O) groups is 1. The van der Waals surface area contributed by atoms with E-state index in [1.807, 2.05) is 4.90 Å². The monoisotopic (exact) mass is 260 g/mol. The van der Waals surface area contributed by atoms with Crippen LogP contribution in [0.15, 0.2) is 24.3 Å². The zero-order valence-electron chi connectivity index (χ0n) is 12.1. The third-order valence-corrected chi connectivity index (χ3v) is 3.62. The van der Waals surface area contributed by atoms with Crippen molar-refractivity contribution in [2.45, 2.75) is 39.8 Å². The standard InChI is InChI=1S/C16H24N2O/c1-12(2)6-5-9-18-15(19)11-17-16(18)14-8-4-7-13(3)10-14/h4,7-8,10,12,16-17H,5-6,9,11H2,1-3H3. The average molecular weight is 260 g/mol. The Labute approximate surface area is 116 Å². The number of nitrogens with zero attached hydrogens (tertiary/aromatic N) is 1. The smallest absolute Gasteiger partial charge is 0.238 e. The Morgan fingerprint density at radius 1 is 1.42 bits per heavy atom. The minimum Gasteiger partial charge on any atom is -0.322 e. The summed E-state index contributed by atoms with van der Waals surface area (Å²) in [7, 11) is 0. The van der Waals surface area contributed by atoms with Gasteiger partial charge in [0.05, 0.1) is 6.54 Å². The third kappa shape index (κ3) is 3.57. The maximum Gasteiger partial charge on any atom is 0.238 e. The molecule has 2 rings (SSSR count). The minimum absolute atomic E-state index is 0.0552. The molecule has 0 saturated carbocycles. The summed E-state index contributed by atoms with van der Waals surface area (Å²) in [5, 5.41) is 3.31. The molecule has 19 heavy (non-hydrogen) atoms. The quantitative estimate of drug-likeness (QED) is 0.883. The Bertz CT molecular complexity index is 442. The summed E-state index contributed by atoms with van der Waals surface area (Å²) >= 11 is 0. The van der Waals surface area contributed by atoms with Gasteiger partial charge in [0, 0.05) is 6.54 Å². The average Bonchev–Trinajstić information content (AvgIpc) is 2.71. The summed E-state index contributed by atoms with van der Waals surface area (Å²) in [5.74, 6) is 0.915. The second-order valence-electron chi connectivity index (χ2n) is 5.82. The Morgan fingerprint density at radius 2 is 2.21 bits per heavy atom. The van der Waals surface area contributed by atoms with E-state index in [2.05, 4.69) is 50.4 Å². The van der Waals surface area contributed by atoms with E-state index in [0.29, 0.717) is 12.5 Å². The van der Waals surface area contributed by atoms with E-state index in [4.69, 9.17) is 0 Å². The maximum atomic E-state index is 12.0. The number of carbonyl (C=O) groups excluding carboxylic acids is 1. The Balaban J connectivity index is 2.04. The van der Waals surface area contributed by atoms with Crippen LogP contribution in [0.2, 0.25) is 0 Å². The molecule has 1 aliphatic heterocycles. The van der Waals surface area contributed by atoms with Crippen molar-refractivity contribution in [3.05, 3.63) is 35.4 Å². The van der Waals surface area contributed by atoms with E-state index in [-0.39, 0.29) is 12.1 Å². The zero-order chi connectivity index (χ0) is 13.8. The normalized spacial score (nSPS) is 19.5. The summed E-state index contributed by atoms with van der Waals surface area (Å²) in [5.41, 5.74) is 2.43. The molecule has 1 atom stereocenters. The van der Waals surface area contributed by atoms with E-state index in [0.717, 1.165) is 13.0 Å². The predicted octanol–water partition coefficient (Wildman–Crippen LogP) is 2.86. The summed E-state index contributed by atoms with van der Waals surface area (Å²) in [6.07, 6.45) is 2.30. The molecule has 0 bridgehead atoms. The highest BCUT2D eigenvalue weighted by atomic mass is 16.2. The van der Waals surface area contributed by atoms with Gasteiger partial charge < -0.3 is 4.90 Å². The van der Waals surface area contributed by atoms with Gasteiger partial charge in [-0.2, -0.15) is 0 Å². The number of hydrogen-bond donors (Lipinski definition) is 1. The van der Waals surface area contributed by atoms with Gasteiger partial charge in [0.15, 0.2) is 0 Å². The molecule has 0 aliphatic carbocycles. The molecule has 1 N–H and O–H groups in total. The van der Waals surface area contributed by atoms with Crippen LogP contribution in [0.3, 0.4) is 0 Å². The van der Waals surface area contributed by atoms with Crippen LogP contribution in [-0.4, -0.2) is 23.9 Å². The first kappa shape index (κ1) is 14.1. The predicted molar refractivity (Wildman–Crippen MR) is 77.7 cm³/mol. The van der Waals surface area contributed by atoms with Crippen LogP contribution in [0.5, 0.6) is 0 Å². The molecular weight excluding hydrogens is 236 g/mol. The number of nitrogens with one attached hydrogen (secondary N) is 1. The first-order valence-corrected chi connectivity index (χ1v) is 7.17. The number of hydrogen-bond acceptors (Lipinski definition) is 2. The molecule has 104 valence electrons. The molecule has 3 heteroatoms. The fourth-order valence-electron chi connectivity index (χ4n) is 2.60. The van der Waals surface area contributed by atoms with Crippen LogP contribution < -0.4 is 5.32 Å². The van der Waals surface area contributed by atoms with Crippen molar-refractivity contribution in [3.8, 4) is 0 Å². The Morgan fingerprint density at radius 3 is 2.89 bits per heavy atom. The third-order valence-electron chi connectivity index (χ3n) is 3.62. The van der Waals surface area contributed by atoms with Crippen LogP contribution in [0, 0.1) is 12.8 Å². The van der Waals surface area contributed by atoms with E-state index in [1.165, 1.54) is 17.5 Å². The van der Waals surface area contributed by atoms with Crippen molar-refractivity contribution in [2.24, 2.45) is 5.92 Å². The van der Waals surface area contributed by atoms with Gasteiger partial charge in [-0.25, -0.2) is 0 Å². The van der Waals surface area contributed by atoms with Crippen molar-refractivity contribution in [1.29, 1.82) is 0 Å². The molecule has 1 aromatic rings. The molecule has 3 nitrogen and oxygen atoms in total. The highest BCUT2D eigenvalue weighted by Gasteiger charge is 2.30. The molecule has 0 aromatic heterocycles. The van der Waals surface area contributed by atoms with Crippen LogP contribution in [0.4, 0.5) is 0 Å². The largest absolute Gasteiger partial charge is 0.322 e. The van der Waals surface area contributed by atoms with E-state index in [1.54, 1.807) is 0 Å². The summed E-state index contributed by atoms with van der Waals surface area (Å²) in [6, 6.07) is 8.40. The second-order valence-corrected chi connectivity index (χ2v) is 5.82. The molecule has 1 unspecified atom stereocenters. The lowest BCUT2D eigenvalue weighted by Gasteiger charge is -2.25. The molecule has 1 fully saturated rings. The zero-order valence-corrected chi connectivity index (χ0v) is 12.1. The van der Waals surface area contributed by atoms with Gasteiger partial charge in [0.1, 0.15) is 6.17 Å². The van der Waals surface area contributed by atoms with Gasteiger partial charge in [-0.15, -0.1) is 0 Å². The van der Waals surface area contributed by atoms with Gasteiger partial charge >= 0.3 is 0 Å². The van der Waals surface area contributed by atoms with Crippen molar-refractivity contribution in [3.63, 3.8) is 0 Å². The topological polar surface area (TPSA) is 32.3 Å². The number of benzene rings is 1. The molecule has 0 radical (unpaired) electrons. The number of rotatable bonds is 5. The van der Waals surface area contributed by atoms with Crippen LogP contribution in [0.25, 0.3) is 0 Å². The molecule has 1 amide bonds. The molecule has 0 spiro atoms. The molecule has 1 heterocycles. The maximum absolute atomic E-state index is 12.0. The lowest BCUT2D eigenvalue weighted by atomic mass is 10.1. The van der Waals surface area contributed by atoms with Gasteiger partial charge in [-0.3, -0.25) is 10.1 Å². The molecule has 1 saturated heterocycles. The SMILES string of the molecule is Cc1cccc(C2NCC(=O)N2CCCC(C)C)c1. The lowest BCUT2D eigenvalue weighted by Crippen LogP contribution is -2.31. The fraction of sp³-hybridized carbons (Fsp3) is 0.562. The lowest BCUT2D eigenvalue weighted by molar-refractivity contribution is -0.128. The van der Waals surface area contributed by atoms with Crippen molar-refractivity contribution < 1.29 is 4.79 Å². The summed E-state index contributed by atoms with van der Waals surface area (Å²) in [6.45, 7) is 7.84. The molecular formula is C16H24N2O. The van der Waals surface area contributed by atoms with Crippen LogP contribution in [0.1, 0.15) is 44.0 Å². The van der Waals surface area contributed by atoms with Gasteiger partial charge in [0.25, 0.3) is 0 Å². The first-order chi connectivity index (χ1) is 9.08. The van der Waals surface area contributed by atoms with Crippen molar-refractivity contribution in [1.82, 2.24) is 10.2 Å². The van der Waals surface area contributed by atoms with Gasteiger partial charge in [-0.05, 0) is 31.2 Å². The van der Waals surface area contributed by atoms with Crippen molar-refractivity contribution >= 4 is 5.91 Å². The summed E-state index contributed by atoms with van der Waals surface area (Å²) in [4.78, 5) is 14.0. The highest BCUT2D eigenvalue weighted by molar-refractivity contribution is 5.80. The van der Waals surface area contributed by atoms with E-state index >= 15 is 0 Å². The minimum atomic E-state index is 0.0552. The fourth-order valence-corrected chi connectivity index (χ4v) is 2.60. The molecule has 1 aromatic carbocycles. The van der Waals surface area contributed by atoms with Crippen LogP contribution >= 0.6 is 0 Å². The summed E-state index contributed by atoms with van der Waals surface area (Å²) < 4.78 is 0. The van der Waals surface area contributed by atoms with E-state index in [9.17, 15) is 4.79 Å². The van der Waals surface area contributed by atoms with Crippen molar-refractivity contribution in [2.75, 3.05) is 13.1 Å². The molecule has 1 aliphatic rings. The second kappa shape index (κ2) is 6.20. The van der Waals surface area contributed by atoms with E-state index < -0.39 is 0 Å². The first-order valence-electron chi connectivity index (χ1n) is 7.17. The van der Waals surface area contributed by atoms with Gasteiger partial charge in [0.2, 0.25) is 5.91 Å². The number of amides is 1. The number of aryl methyl sites for hydroxylation is 1.